The maximum absolute atomic E-state index is 6.06. The maximum atomic E-state index is 6.06. The Morgan fingerprint density at radius 1 is 1.30 bits per heavy atom. The molecule has 1 aliphatic heterocycles. The number of ether oxygens (including phenoxy) is 1. The van der Waals surface area contributed by atoms with Crippen molar-refractivity contribution >= 4 is 0 Å². The molecule has 1 saturated heterocycles. The van der Waals surface area contributed by atoms with Crippen LogP contribution in [0, 0.1) is 6.92 Å². The normalized spacial score (nSPS) is 19.2. The van der Waals surface area contributed by atoms with Gasteiger partial charge < -0.3 is 15.4 Å². The molecule has 0 aromatic carbocycles. The van der Waals surface area contributed by atoms with Crippen LogP contribution in [-0.2, 0) is 7.05 Å². The highest BCUT2D eigenvalue weighted by atomic mass is 16.5. The monoisotopic (exact) mass is 281 g/mol. The standard InChI is InChI=1S/C14H27N5O/c1-5-18-6-8-19(9-7-18)12(10-15)13-11(2)16-17(3)14(13)20-4/h12H,5-10,15H2,1-4H3. The van der Waals surface area contributed by atoms with Crippen LogP contribution in [0.4, 0.5) is 0 Å². The SMILES string of the molecule is CCN1CCN(C(CN)c2c(C)nn(C)c2OC)CC1. The lowest BCUT2D eigenvalue weighted by Gasteiger charge is -2.38. The zero-order valence-electron chi connectivity index (χ0n) is 13.1. The van der Waals surface area contributed by atoms with Crippen molar-refractivity contribution in [1.82, 2.24) is 19.6 Å². The number of nitrogens with two attached hydrogens (primary N) is 1. The molecule has 0 amide bonds. The van der Waals surface area contributed by atoms with E-state index in [-0.39, 0.29) is 6.04 Å². The molecule has 2 heterocycles. The number of rotatable bonds is 5. The van der Waals surface area contributed by atoms with Gasteiger partial charge in [-0.25, -0.2) is 4.68 Å². The van der Waals surface area contributed by atoms with Gasteiger partial charge in [-0.05, 0) is 13.5 Å². The third-order valence-electron chi connectivity index (χ3n) is 4.26. The van der Waals surface area contributed by atoms with E-state index in [4.69, 9.17) is 10.5 Å². The zero-order valence-corrected chi connectivity index (χ0v) is 13.1. The zero-order chi connectivity index (χ0) is 14.7. The number of aryl methyl sites for hydroxylation is 2. The Bertz CT molecular complexity index is 437. The summed E-state index contributed by atoms with van der Waals surface area (Å²) in [5.41, 5.74) is 8.21. The van der Waals surface area contributed by atoms with Crippen molar-refractivity contribution in [3.63, 3.8) is 0 Å². The van der Waals surface area contributed by atoms with Gasteiger partial charge in [0.05, 0.1) is 24.4 Å². The van der Waals surface area contributed by atoms with Gasteiger partial charge in [0, 0.05) is 39.8 Å². The number of hydrogen-bond donors (Lipinski definition) is 1. The fourth-order valence-electron chi connectivity index (χ4n) is 3.12. The van der Waals surface area contributed by atoms with E-state index in [9.17, 15) is 0 Å². The number of piperazine rings is 1. The van der Waals surface area contributed by atoms with Crippen molar-refractivity contribution in [2.45, 2.75) is 19.9 Å². The molecular weight excluding hydrogens is 254 g/mol. The molecule has 0 aliphatic carbocycles. The molecule has 6 heteroatoms. The van der Waals surface area contributed by atoms with E-state index in [1.54, 1.807) is 11.8 Å². The minimum atomic E-state index is 0.192. The van der Waals surface area contributed by atoms with E-state index >= 15 is 0 Å². The molecule has 0 bridgehead atoms. The van der Waals surface area contributed by atoms with Crippen molar-refractivity contribution < 1.29 is 4.74 Å². The molecule has 1 aliphatic rings. The molecule has 2 N–H and O–H groups in total. The van der Waals surface area contributed by atoms with Crippen LogP contribution in [0.5, 0.6) is 5.88 Å². The van der Waals surface area contributed by atoms with Gasteiger partial charge in [-0.3, -0.25) is 4.90 Å². The lowest BCUT2D eigenvalue weighted by molar-refractivity contribution is 0.100. The van der Waals surface area contributed by atoms with Gasteiger partial charge in [-0.1, -0.05) is 6.92 Å². The van der Waals surface area contributed by atoms with E-state index < -0.39 is 0 Å². The Labute approximate surface area is 121 Å². The topological polar surface area (TPSA) is 59.5 Å². The van der Waals surface area contributed by atoms with Gasteiger partial charge in [-0.2, -0.15) is 5.10 Å². The van der Waals surface area contributed by atoms with E-state index in [1.165, 1.54) is 0 Å². The summed E-state index contributed by atoms with van der Waals surface area (Å²) in [6.07, 6.45) is 0. The second-order valence-electron chi connectivity index (χ2n) is 5.35. The first-order valence-corrected chi connectivity index (χ1v) is 7.36. The molecule has 1 aromatic heterocycles. The minimum absolute atomic E-state index is 0.192. The second kappa shape index (κ2) is 6.56. The van der Waals surface area contributed by atoms with E-state index in [0.29, 0.717) is 6.54 Å². The average molecular weight is 281 g/mol. The van der Waals surface area contributed by atoms with Gasteiger partial charge in [-0.15, -0.1) is 0 Å². The predicted octanol–water partition coefficient (Wildman–Crippen LogP) is 0.374. The first kappa shape index (κ1) is 15.3. The van der Waals surface area contributed by atoms with Crippen molar-refractivity contribution in [3.8, 4) is 5.88 Å². The lowest BCUT2D eigenvalue weighted by atomic mass is 10.0. The molecule has 0 spiro atoms. The summed E-state index contributed by atoms with van der Waals surface area (Å²) < 4.78 is 7.32. The number of aromatic nitrogens is 2. The summed E-state index contributed by atoms with van der Waals surface area (Å²) in [6.45, 7) is 10.3. The van der Waals surface area contributed by atoms with Crippen LogP contribution in [0.2, 0.25) is 0 Å². The van der Waals surface area contributed by atoms with Crippen LogP contribution in [0.15, 0.2) is 0 Å². The summed E-state index contributed by atoms with van der Waals surface area (Å²) >= 11 is 0. The fraction of sp³-hybridized carbons (Fsp3) is 0.786. The maximum Gasteiger partial charge on any atom is 0.216 e. The van der Waals surface area contributed by atoms with Gasteiger partial charge >= 0.3 is 0 Å². The van der Waals surface area contributed by atoms with Crippen LogP contribution in [0.1, 0.15) is 24.2 Å². The Morgan fingerprint density at radius 2 is 1.95 bits per heavy atom. The lowest BCUT2D eigenvalue weighted by Crippen LogP contribution is -2.48. The third-order valence-corrected chi connectivity index (χ3v) is 4.26. The summed E-state index contributed by atoms with van der Waals surface area (Å²) in [5, 5.41) is 4.48. The molecule has 1 fully saturated rings. The van der Waals surface area contributed by atoms with E-state index in [0.717, 1.165) is 49.9 Å². The first-order valence-electron chi connectivity index (χ1n) is 7.36. The summed E-state index contributed by atoms with van der Waals surface area (Å²) in [5.74, 6) is 0.830. The molecule has 20 heavy (non-hydrogen) atoms. The van der Waals surface area contributed by atoms with Gasteiger partial charge in [0.15, 0.2) is 0 Å². The van der Waals surface area contributed by atoms with Crippen molar-refractivity contribution in [3.05, 3.63) is 11.3 Å². The van der Waals surface area contributed by atoms with Crippen molar-refractivity contribution in [2.24, 2.45) is 12.8 Å². The van der Waals surface area contributed by atoms with Crippen LogP contribution in [-0.4, -0.2) is 66.0 Å². The molecule has 1 atom stereocenters. The Kier molecular flexibility index (Phi) is 5.01. The number of likely N-dealkylation sites (N-methyl/N-ethyl adjacent to an activating group) is 1. The number of hydrogen-bond acceptors (Lipinski definition) is 5. The molecule has 114 valence electrons. The molecule has 0 saturated carbocycles. The Morgan fingerprint density at radius 3 is 2.45 bits per heavy atom. The summed E-state index contributed by atoms with van der Waals surface area (Å²) in [7, 11) is 3.61. The minimum Gasteiger partial charge on any atom is -0.481 e. The predicted molar refractivity (Wildman–Crippen MR) is 80.0 cm³/mol. The highest BCUT2D eigenvalue weighted by Crippen LogP contribution is 2.31. The van der Waals surface area contributed by atoms with Crippen LogP contribution in [0.3, 0.4) is 0 Å². The highest BCUT2D eigenvalue weighted by molar-refractivity contribution is 5.34. The van der Waals surface area contributed by atoms with Gasteiger partial charge in [0.2, 0.25) is 5.88 Å². The third kappa shape index (κ3) is 2.82. The molecule has 2 rings (SSSR count). The second-order valence-corrected chi connectivity index (χ2v) is 5.35. The average Bonchev–Trinajstić information content (AvgIpc) is 2.75. The van der Waals surface area contributed by atoms with E-state index in [2.05, 4.69) is 21.8 Å². The van der Waals surface area contributed by atoms with Crippen molar-refractivity contribution in [2.75, 3.05) is 46.4 Å². The van der Waals surface area contributed by atoms with E-state index in [1.807, 2.05) is 14.0 Å². The number of nitrogens with zero attached hydrogens (tertiary/aromatic N) is 4. The molecule has 6 nitrogen and oxygen atoms in total. The smallest absolute Gasteiger partial charge is 0.216 e. The summed E-state index contributed by atoms with van der Waals surface area (Å²) in [4.78, 5) is 4.93. The van der Waals surface area contributed by atoms with Crippen LogP contribution >= 0.6 is 0 Å². The first-order chi connectivity index (χ1) is 9.62. The highest BCUT2D eigenvalue weighted by Gasteiger charge is 2.29. The molecule has 0 radical (unpaired) electrons. The van der Waals surface area contributed by atoms with Crippen LogP contribution < -0.4 is 10.5 Å². The van der Waals surface area contributed by atoms with Crippen molar-refractivity contribution in [1.29, 1.82) is 0 Å². The van der Waals surface area contributed by atoms with Gasteiger partial charge in [0.25, 0.3) is 0 Å². The molecule has 1 unspecified atom stereocenters. The Balaban J connectivity index is 2.21. The quantitative estimate of drug-likeness (QED) is 0.845. The fourth-order valence-corrected chi connectivity index (χ4v) is 3.12. The van der Waals surface area contributed by atoms with Crippen LogP contribution in [0.25, 0.3) is 0 Å². The molecule has 1 aromatic rings. The largest absolute Gasteiger partial charge is 0.481 e. The molecular formula is C14H27N5O. The number of methoxy groups -OCH3 is 1. The summed E-state index contributed by atoms with van der Waals surface area (Å²) in [6, 6.07) is 0.192. The Hall–Kier alpha value is -1.11. The van der Waals surface area contributed by atoms with Gasteiger partial charge in [0.1, 0.15) is 0 Å².